The summed E-state index contributed by atoms with van der Waals surface area (Å²) in [5, 5.41) is 2.96. The number of nitrogens with one attached hydrogen (secondary N) is 1. The quantitative estimate of drug-likeness (QED) is 0.592. The Hall–Kier alpha value is -2.37. The molecule has 0 bridgehead atoms. The van der Waals surface area contributed by atoms with Gasteiger partial charge in [0.15, 0.2) is 0 Å². The maximum Gasteiger partial charge on any atom is 0.253 e. The molecule has 2 aromatic rings. The molecular weight excluding hydrogens is 324 g/mol. The molecule has 3 rings (SSSR count). The Morgan fingerprint density at radius 1 is 0.923 bits per heavy atom. The van der Waals surface area contributed by atoms with E-state index >= 15 is 0 Å². The van der Waals surface area contributed by atoms with Gasteiger partial charge in [-0.15, -0.1) is 0 Å². The van der Waals surface area contributed by atoms with Crippen molar-refractivity contribution in [1.29, 1.82) is 0 Å². The predicted octanol–water partition coefficient (Wildman–Crippen LogP) is 2.21. The average Bonchev–Trinajstić information content (AvgIpc) is 2.67. The van der Waals surface area contributed by atoms with Crippen LogP contribution in [0.1, 0.15) is 22.3 Å². The summed E-state index contributed by atoms with van der Waals surface area (Å²) in [4.78, 5) is 17.1. The molecule has 138 valence electrons. The SMILES string of the molecule is Nc1ccccc1C(=O)NCCCN1CCN(Cc2ccccc2)CC1. The highest BCUT2D eigenvalue weighted by molar-refractivity contribution is 5.98. The van der Waals surface area contributed by atoms with Gasteiger partial charge < -0.3 is 16.0 Å². The lowest BCUT2D eigenvalue weighted by Gasteiger charge is -2.34. The number of benzene rings is 2. The number of hydrogen-bond acceptors (Lipinski definition) is 4. The van der Waals surface area contributed by atoms with Gasteiger partial charge in [0.2, 0.25) is 0 Å². The van der Waals surface area contributed by atoms with Crippen LogP contribution < -0.4 is 11.1 Å². The third kappa shape index (κ3) is 5.31. The number of amides is 1. The smallest absolute Gasteiger partial charge is 0.253 e. The van der Waals surface area contributed by atoms with Gasteiger partial charge in [-0.3, -0.25) is 9.69 Å². The van der Waals surface area contributed by atoms with Crippen molar-refractivity contribution in [2.75, 3.05) is 45.0 Å². The van der Waals surface area contributed by atoms with E-state index in [9.17, 15) is 4.79 Å². The first-order valence-electron chi connectivity index (χ1n) is 9.34. The highest BCUT2D eigenvalue weighted by Crippen LogP contribution is 2.10. The van der Waals surface area contributed by atoms with Crippen LogP contribution in [0.3, 0.4) is 0 Å². The number of piperazine rings is 1. The normalized spacial score (nSPS) is 15.7. The molecular formula is C21H28N4O. The van der Waals surface area contributed by atoms with E-state index in [1.54, 1.807) is 12.1 Å². The number of hydrogen-bond donors (Lipinski definition) is 2. The number of carbonyl (C=O) groups is 1. The van der Waals surface area contributed by atoms with E-state index in [1.807, 2.05) is 12.1 Å². The number of nitrogens with zero attached hydrogens (tertiary/aromatic N) is 2. The summed E-state index contributed by atoms with van der Waals surface area (Å²) in [7, 11) is 0. The number of anilines is 1. The van der Waals surface area contributed by atoms with Gasteiger partial charge in [0.25, 0.3) is 5.91 Å². The van der Waals surface area contributed by atoms with Crippen LogP contribution in [0.5, 0.6) is 0 Å². The standard InChI is InChI=1S/C21H28N4O/c22-20-10-5-4-9-19(20)21(26)23-11-6-12-24-13-15-25(16-14-24)17-18-7-2-1-3-8-18/h1-5,7-10H,6,11-17,22H2,(H,23,26). The summed E-state index contributed by atoms with van der Waals surface area (Å²) < 4.78 is 0. The van der Waals surface area contributed by atoms with Gasteiger partial charge in [-0.1, -0.05) is 42.5 Å². The zero-order valence-electron chi connectivity index (χ0n) is 15.2. The Balaban J connectivity index is 1.32. The predicted molar refractivity (Wildman–Crippen MR) is 106 cm³/mol. The molecule has 5 nitrogen and oxygen atoms in total. The minimum Gasteiger partial charge on any atom is -0.398 e. The first-order valence-corrected chi connectivity index (χ1v) is 9.34. The fourth-order valence-corrected chi connectivity index (χ4v) is 3.32. The average molecular weight is 352 g/mol. The van der Waals surface area contributed by atoms with Crippen LogP contribution in [0, 0.1) is 0 Å². The van der Waals surface area contributed by atoms with Gasteiger partial charge in [0.05, 0.1) is 5.56 Å². The Morgan fingerprint density at radius 2 is 1.58 bits per heavy atom. The van der Waals surface area contributed by atoms with Crippen LogP contribution in [0.2, 0.25) is 0 Å². The Labute approximate surface area is 155 Å². The van der Waals surface area contributed by atoms with Gasteiger partial charge in [-0.25, -0.2) is 0 Å². The Bertz CT molecular complexity index is 696. The third-order valence-electron chi connectivity index (χ3n) is 4.86. The minimum absolute atomic E-state index is 0.0872. The summed E-state index contributed by atoms with van der Waals surface area (Å²) in [6.07, 6.45) is 0.956. The summed E-state index contributed by atoms with van der Waals surface area (Å²) in [6.45, 7) is 7.10. The van der Waals surface area contributed by atoms with Crippen molar-refractivity contribution in [1.82, 2.24) is 15.1 Å². The second kappa shape index (κ2) is 9.36. The second-order valence-corrected chi connectivity index (χ2v) is 6.80. The molecule has 3 N–H and O–H groups in total. The molecule has 0 atom stereocenters. The van der Waals surface area contributed by atoms with Gasteiger partial charge in [-0.05, 0) is 30.7 Å². The number of nitrogen functional groups attached to an aromatic ring is 1. The van der Waals surface area contributed by atoms with Crippen LogP contribution in [-0.4, -0.2) is 55.0 Å². The van der Waals surface area contributed by atoms with Gasteiger partial charge >= 0.3 is 0 Å². The first-order chi connectivity index (χ1) is 12.7. The van der Waals surface area contributed by atoms with Crippen LogP contribution in [-0.2, 0) is 6.54 Å². The van der Waals surface area contributed by atoms with Crippen molar-refractivity contribution < 1.29 is 4.79 Å². The van der Waals surface area contributed by atoms with E-state index in [0.717, 1.165) is 45.7 Å². The monoisotopic (exact) mass is 352 g/mol. The van der Waals surface area contributed by atoms with E-state index in [1.165, 1.54) is 5.56 Å². The van der Waals surface area contributed by atoms with E-state index in [-0.39, 0.29) is 5.91 Å². The summed E-state index contributed by atoms with van der Waals surface area (Å²) in [6, 6.07) is 17.8. The van der Waals surface area contributed by atoms with E-state index in [2.05, 4.69) is 45.4 Å². The fraction of sp³-hybridized carbons (Fsp3) is 0.381. The lowest BCUT2D eigenvalue weighted by atomic mass is 10.1. The van der Waals surface area contributed by atoms with Crippen LogP contribution in [0.15, 0.2) is 54.6 Å². The molecule has 1 fully saturated rings. The molecule has 0 spiro atoms. The zero-order valence-corrected chi connectivity index (χ0v) is 15.2. The molecule has 1 saturated heterocycles. The molecule has 0 unspecified atom stereocenters. The van der Waals surface area contributed by atoms with Crippen molar-refractivity contribution in [2.24, 2.45) is 0 Å². The largest absolute Gasteiger partial charge is 0.398 e. The van der Waals surface area contributed by atoms with Crippen molar-refractivity contribution in [3.05, 3.63) is 65.7 Å². The van der Waals surface area contributed by atoms with Crippen molar-refractivity contribution in [3.8, 4) is 0 Å². The van der Waals surface area contributed by atoms with E-state index < -0.39 is 0 Å². The second-order valence-electron chi connectivity index (χ2n) is 6.80. The Morgan fingerprint density at radius 3 is 2.31 bits per heavy atom. The first kappa shape index (κ1) is 18.4. The topological polar surface area (TPSA) is 61.6 Å². The molecule has 26 heavy (non-hydrogen) atoms. The highest BCUT2D eigenvalue weighted by atomic mass is 16.1. The number of nitrogens with two attached hydrogens (primary N) is 1. The Kier molecular flexibility index (Phi) is 6.63. The molecule has 0 aliphatic carbocycles. The molecule has 5 heteroatoms. The van der Waals surface area contributed by atoms with Crippen molar-refractivity contribution in [3.63, 3.8) is 0 Å². The fourth-order valence-electron chi connectivity index (χ4n) is 3.32. The number of carbonyl (C=O) groups excluding carboxylic acids is 1. The van der Waals surface area contributed by atoms with Gasteiger partial charge in [0.1, 0.15) is 0 Å². The van der Waals surface area contributed by atoms with Gasteiger partial charge in [0, 0.05) is 45.0 Å². The molecule has 0 saturated carbocycles. The molecule has 0 aromatic heterocycles. The maximum absolute atomic E-state index is 12.1. The third-order valence-corrected chi connectivity index (χ3v) is 4.86. The van der Waals surface area contributed by atoms with Crippen LogP contribution >= 0.6 is 0 Å². The summed E-state index contributed by atoms with van der Waals surface area (Å²) in [5.41, 5.74) is 8.30. The maximum atomic E-state index is 12.1. The zero-order chi connectivity index (χ0) is 18.2. The highest BCUT2D eigenvalue weighted by Gasteiger charge is 2.16. The van der Waals surface area contributed by atoms with Crippen LogP contribution in [0.4, 0.5) is 5.69 Å². The molecule has 0 radical (unpaired) electrons. The molecule has 1 aliphatic heterocycles. The number of para-hydroxylation sites is 1. The molecule has 1 amide bonds. The van der Waals surface area contributed by atoms with E-state index in [4.69, 9.17) is 5.73 Å². The lowest BCUT2D eigenvalue weighted by Crippen LogP contribution is -2.46. The molecule has 1 heterocycles. The van der Waals surface area contributed by atoms with Crippen molar-refractivity contribution >= 4 is 11.6 Å². The number of rotatable bonds is 7. The van der Waals surface area contributed by atoms with Crippen LogP contribution in [0.25, 0.3) is 0 Å². The molecule has 1 aliphatic rings. The molecule has 2 aromatic carbocycles. The van der Waals surface area contributed by atoms with Gasteiger partial charge in [-0.2, -0.15) is 0 Å². The summed E-state index contributed by atoms with van der Waals surface area (Å²) >= 11 is 0. The lowest BCUT2D eigenvalue weighted by molar-refractivity contribution is 0.0948. The minimum atomic E-state index is -0.0872. The van der Waals surface area contributed by atoms with Crippen molar-refractivity contribution in [2.45, 2.75) is 13.0 Å². The summed E-state index contributed by atoms with van der Waals surface area (Å²) in [5.74, 6) is -0.0872. The van der Waals surface area contributed by atoms with E-state index in [0.29, 0.717) is 17.8 Å².